The fourth-order valence-electron chi connectivity index (χ4n) is 1.33. The molecule has 76 valence electrons. The van der Waals surface area contributed by atoms with Crippen molar-refractivity contribution in [1.82, 2.24) is 0 Å². The highest BCUT2D eigenvalue weighted by Crippen LogP contribution is 2.25. The minimum atomic E-state index is -1.26. The van der Waals surface area contributed by atoms with Gasteiger partial charge in [-0.15, -0.1) is 0 Å². The van der Waals surface area contributed by atoms with Gasteiger partial charge in [0.15, 0.2) is 0 Å². The fourth-order valence-corrected chi connectivity index (χ4v) is 1.33. The van der Waals surface area contributed by atoms with Crippen molar-refractivity contribution in [2.24, 2.45) is 0 Å². The summed E-state index contributed by atoms with van der Waals surface area (Å²) in [6, 6.07) is 2.17. The molecule has 0 unspecified atom stereocenters. The van der Waals surface area contributed by atoms with Crippen molar-refractivity contribution in [2.75, 3.05) is 5.73 Å². The molecule has 0 saturated carbocycles. The fraction of sp³-hybridized carbons (Fsp3) is 0. The lowest BCUT2D eigenvalue weighted by Crippen LogP contribution is -2.05. The average molecular weight is 207 g/mol. The summed E-state index contributed by atoms with van der Waals surface area (Å²) >= 11 is 0. The molecule has 0 atom stereocenters. The van der Waals surface area contributed by atoms with Crippen LogP contribution in [0.5, 0.6) is 0 Å². The van der Waals surface area contributed by atoms with Crippen LogP contribution in [0, 0.1) is 0 Å². The van der Waals surface area contributed by atoms with Gasteiger partial charge in [-0.1, -0.05) is 0 Å². The van der Waals surface area contributed by atoms with Crippen molar-refractivity contribution < 1.29 is 24.2 Å². The van der Waals surface area contributed by atoms with Crippen LogP contribution in [0.1, 0.15) is 31.1 Å². The number of hydrogen-bond acceptors (Lipinski definition) is 5. The first-order valence-electron chi connectivity index (χ1n) is 3.94. The zero-order valence-corrected chi connectivity index (χ0v) is 7.31. The Balaban J connectivity index is 2.70. The summed E-state index contributed by atoms with van der Waals surface area (Å²) in [5.74, 6) is -2.92. The number of benzene rings is 1. The first-order valence-corrected chi connectivity index (χ1v) is 3.94. The van der Waals surface area contributed by atoms with Gasteiger partial charge in [0.2, 0.25) is 0 Å². The Hall–Kier alpha value is -2.37. The maximum Gasteiger partial charge on any atom is 0.346 e. The summed E-state index contributed by atoms with van der Waals surface area (Å²) in [6.07, 6.45) is 0. The smallest absolute Gasteiger partial charge is 0.346 e. The number of rotatable bonds is 1. The van der Waals surface area contributed by atoms with Crippen LogP contribution in [-0.2, 0) is 4.74 Å². The van der Waals surface area contributed by atoms with Crippen molar-refractivity contribution in [3.63, 3.8) is 0 Å². The predicted molar refractivity (Wildman–Crippen MR) is 47.6 cm³/mol. The lowest BCUT2D eigenvalue weighted by molar-refractivity contribution is 0.0443. The molecule has 0 aromatic heterocycles. The largest absolute Gasteiger partial charge is 0.478 e. The molecular formula is C9H5NO5. The number of carbonyl (C=O) groups excluding carboxylic acids is 2. The summed E-state index contributed by atoms with van der Waals surface area (Å²) in [5, 5.41) is 8.73. The van der Waals surface area contributed by atoms with Crippen LogP contribution < -0.4 is 5.73 Å². The monoisotopic (exact) mass is 207 g/mol. The Morgan fingerprint density at radius 1 is 1.20 bits per heavy atom. The van der Waals surface area contributed by atoms with Crippen LogP contribution in [0.15, 0.2) is 12.1 Å². The van der Waals surface area contributed by atoms with Gasteiger partial charge in [-0.25, -0.2) is 14.4 Å². The number of anilines is 1. The van der Waals surface area contributed by atoms with Crippen molar-refractivity contribution in [2.45, 2.75) is 0 Å². The predicted octanol–water partition coefficient (Wildman–Crippen LogP) is 0.278. The van der Waals surface area contributed by atoms with Crippen LogP contribution in [-0.4, -0.2) is 23.0 Å². The third-order valence-electron chi connectivity index (χ3n) is 2.05. The number of esters is 2. The summed E-state index contributed by atoms with van der Waals surface area (Å²) in [6.45, 7) is 0. The molecule has 2 rings (SSSR count). The van der Waals surface area contributed by atoms with E-state index in [1.807, 2.05) is 0 Å². The Morgan fingerprint density at radius 3 is 2.27 bits per heavy atom. The van der Waals surface area contributed by atoms with Gasteiger partial charge >= 0.3 is 17.9 Å². The third-order valence-corrected chi connectivity index (χ3v) is 2.05. The molecule has 1 aliphatic rings. The van der Waals surface area contributed by atoms with Crippen molar-refractivity contribution in [1.29, 1.82) is 0 Å². The number of aromatic carboxylic acids is 1. The van der Waals surface area contributed by atoms with E-state index in [2.05, 4.69) is 4.74 Å². The van der Waals surface area contributed by atoms with E-state index >= 15 is 0 Å². The third kappa shape index (κ3) is 1.23. The second kappa shape index (κ2) is 2.81. The molecule has 0 radical (unpaired) electrons. The molecule has 0 bridgehead atoms. The summed E-state index contributed by atoms with van der Waals surface area (Å²) < 4.78 is 4.30. The lowest BCUT2D eigenvalue weighted by Gasteiger charge is -2.01. The highest BCUT2D eigenvalue weighted by atomic mass is 16.6. The van der Waals surface area contributed by atoms with Gasteiger partial charge in [0.25, 0.3) is 0 Å². The zero-order valence-electron chi connectivity index (χ0n) is 7.31. The van der Waals surface area contributed by atoms with Crippen LogP contribution in [0.25, 0.3) is 0 Å². The molecule has 6 heteroatoms. The van der Waals surface area contributed by atoms with Gasteiger partial charge in [0.05, 0.1) is 16.7 Å². The normalized spacial score (nSPS) is 13.6. The van der Waals surface area contributed by atoms with Gasteiger partial charge < -0.3 is 15.6 Å². The van der Waals surface area contributed by atoms with E-state index < -0.39 is 17.9 Å². The van der Waals surface area contributed by atoms with Gasteiger partial charge in [0.1, 0.15) is 0 Å². The van der Waals surface area contributed by atoms with Crippen molar-refractivity contribution in [3.05, 3.63) is 28.8 Å². The van der Waals surface area contributed by atoms with Gasteiger partial charge in [-0.05, 0) is 12.1 Å². The summed E-state index contributed by atoms with van der Waals surface area (Å²) in [4.78, 5) is 32.8. The molecule has 15 heavy (non-hydrogen) atoms. The van der Waals surface area contributed by atoms with E-state index in [0.717, 1.165) is 12.1 Å². The van der Waals surface area contributed by atoms with E-state index in [-0.39, 0.29) is 22.4 Å². The van der Waals surface area contributed by atoms with Gasteiger partial charge in [0, 0.05) is 5.69 Å². The zero-order chi connectivity index (χ0) is 11.2. The van der Waals surface area contributed by atoms with Gasteiger partial charge in [-0.3, -0.25) is 0 Å². The Labute approximate surface area is 83.3 Å². The van der Waals surface area contributed by atoms with Crippen LogP contribution in [0.2, 0.25) is 0 Å². The number of nitrogens with two attached hydrogens (primary N) is 1. The maximum atomic E-state index is 11.1. The Bertz CT molecular complexity index is 505. The lowest BCUT2D eigenvalue weighted by atomic mass is 10.0. The summed E-state index contributed by atoms with van der Waals surface area (Å²) in [5.41, 5.74) is 5.04. The number of nitrogen functional groups attached to an aromatic ring is 1. The van der Waals surface area contributed by atoms with E-state index in [9.17, 15) is 14.4 Å². The number of hydrogen-bond donors (Lipinski definition) is 2. The van der Waals surface area contributed by atoms with Gasteiger partial charge in [-0.2, -0.15) is 0 Å². The van der Waals surface area contributed by atoms with E-state index in [0.29, 0.717) is 0 Å². The number of carbonyl (C=O) groups is 3. The number of carboxylic acid groups (broad SMARTS) is 1. The Morgan fingerprint density at radius 2 is 1.73 bits per heavy atom. The minimum Gasteiger partial charge on any atom is -0.478 e. The number of fused-ring (bicyclic) bond motifs is 1. The Kier molecular flexibility index (Phi) is 1.72. The first-order chi connectivity index (χ1) is 7.00. The molecule has 1 heterocycles. The standard InChI is InChI=1S/C9H5NO5/c10-6-2-4-3(1-5(6)7(11)12)8(13)15-9(4)14/h1-2H,10H2,(H,11,12). The molecule has 0 saturated heterocycles. The van der Waals surface area contributed by atoms with E-state index in [1.165, 1.54) is 0 Å². The molecule has 1 aromatic rings. The van der Waals surface area contributed by atoms with Crippen LogP contribution >= 0.6 is 0 Å². The second-order valence-electron chi connectivity index (χ2n) is 2.97. The van der Waals surface area contributed by atoms with E-state index in [4.69, 9.17) is 10.8 Å². The van der Waals surface area contributed by atoms with Crippen LogP contribution in [0.4, 0.5) is 5.69 Å². The number of ether oxygens (including phenoxy) is 1. The molecule has 0 aliphatic carbocycles. The molecular weight excluding hydrogens is 202 g/mol. The average Bonchev–Trinajstić information content (AvgIpc) is 2.41. The highest BCUT2D eigenvalue weighted by Gasteiger charge is 2.31. The second-order valence-corrected chi connectivity index (χ2v) is 2.97. The molecule has 1 aromatic carbocycles. The molecule has 0 fully saturated rings. The van der Waals surface area contributed by atoms with E-state index in [1.54, 1.807) is 0 Å². The highest BCUT2D eigenvalue weighted by molar-refractivity contribution is 6.16. The SMILES string of the molecule is Nc1cc2c(cc1C(=O)O)C(=O)OC2=O. The minimum absolute atomic E-state index is 0.00231. The molecule has 0 amide bonds. The molecule has 3 N–H and O–H groups in total. The molecule has 6 nitrogen and oxygen atoms in total. The van der Waals surface area contributed by atoms with Crippen LogP contribution in [0.3, 0.4) is 0 Å². The summed E-state index contributed by atoms with van der Waals surface area (Å²) in [7, 11) is 0. The quantitative estimate of drug-likeness (QED) is 0.389. The van der Waals surface area contributed by atoms with Crippen molar-refractivity contribution >= 4 is 23.6 Å². The number of cyclic esters (lactones) is 2. The van der Waals surface area contributed by atoms with Crippen molar-refractivity contribution in [3.8, 4) is 0 Å². The molecule has 0 spiro atoms. The number of carboxylic acids is 1. The first kappa shape index (κ1) is 9.20. The maximum absolute atomic E-state index is 11.1. The molecule has 1 aliphatic heterocycles. The topological polar surface area (TPSA) is 107 Å².